The molecule has 3 N–H and O–H groups in total. The monoisotopic (exact) mass is 506 g/mol. The third kappa shape index (κ3) is 11.5. The lowest BCUT2D eigenvalue weighted by Gasteiger charge is -2.39. The smallest absolute Gasteiger partial charge is 0.413 e. The maximum absolute atomic E-state index is 13.5. The van der Waals surface area contributed by atoms with Crippen molar-refractivity contribution in [3.8, 4) is 0 Å². The molecule has 0 rings (SSSR count). The van der Waals surface area contributed by atoms with Gasteiger partial charge in [-0.05, 0) is 51.7 Å². The molecular weight excluding hydrogens is 469 g/mol. The number of nitrogens with one attached hydrogen (secondary N) is 2. The summed E-state index contributed by atoms with van der Waals surface area (Å²) in [6.07, 6.45) is -8.91. The molecule has 0 aliphatic carbocycles. The van der Waals surface area contributed by atoms with Crippen molar-refractivity contribution in [2.24, 2.45) is 0 Å². The summed E-state index contributed by atoms with van der Waals surface area (Å²) >= 11 is 0. The predicted octanol–water partition coefficient (Wildman–Crippen LogP) is 4.74. The summed E-state index contributed by atoms with van der Waals surface area (Å²) in [4.78, 5) is 23.2. The van der Waals surface area contributed by atoms with Crippen LogP contribution >= 0.6 is 0 Å². The summed E-state index contributed by atoms with van der Waals surface area (Å²) in [6.45, 7) is 13.5. The zero-order valence-electron chi connectivity index (χ0n) is 20.0. The molecule has 0 spiro atoms. The molecule has 32 heavy (non-hydrogen) atoms. The van der Waals surface area contributed by atoms with E-state index in [-0.39, 0.29) is 0 Å². The summed E-state index contributed by atoms with van der Waals surface area (Å²) < 4.78 is 71.4. The minimum atomic E-state index is -4.69. The van der Waals surface area contributed by atoms with Crippen molar-refractivity contribution in [1.82, 2.24) is 5.32 Å². The van der Waals surface area contributed by atoms with E-state index >= 15 is 0 Å². The lowest BCUT2D eigenvalue weighted by Crippen LogP contribution is -2.48. The first kappa shape index (κ1) is 30.7. The quantitative estimate of drug-likeness (QED) is 0.367. The zero-order valence-corrected chi connectivity index (χ0v) is 21.8. The van der Waals surface area contributed by atoms with Crippen LogP contribution in [0.5, 0.6) is 0 Å². The molecule has 0 heterocycles. The molecule has 0 aliphatic rings. The van der Waals surface area contributed by atoms with Crippen LogP contribution in [-0.4, -0.2) is 65.1 Å². The Kier molecular flexibility index (Phi) is 10.3. The van der Waals surface area contributed by atoms with Gasteiger partial charge in [-0.15, -0.1) is 0 Å². The third-order valence-corrected chi connectivity index (χ3v) is 11.3. The van der Waals surface area contributed by atoms with Crippen LogP contribution in [-0.2, 0) is 23.7 Å². The number of amides is 1. The topological polar surface area (TPSA) is 126 Å². The van der Waals surface area contributed by atoms with Crippen LogP contribution in [0.4, 0.5) is 18.0 Å². The molecule has 0 aromatic heterocycles. The van der Waals surface area contributed by atoms with Crippen molar-refractivity contribution in [2.75, 3.05) is 11.5 Å². The number of halogens is 3. The van der Waals surface area contributed by atoms with Gasteiger partial charge in [0, 0.05) is 21.2 Å². The minimum absolute atomic E-state index is 0.392. The lowest BCUT2D eigenvalue weighted by molar-refractivity contribution is -0.198. The van der Waals surface area contributed by atoms with E-state index in [1.165, 1.54) is 0 Å². The Bertz CT molecular complexity index is 758. The van der Waals surface area contributed by atoms with E-state index in [2.05, 4.69) is 5.32 Å². The highest BCUT2D eigenvalue weighted by atomic mass is 32.2. The molecule has 0 saturated heterocycles. The third-order valence-electron chi connectivity index (χ3n) is 5.04. The molecule has 0 aromatic rings. The van der Waals surface area contributed by atoms with E-state index < -0.39 is 83.4 Å². The number of rotatable bonds is 10. The Labute approximate surface area is 189 Å². The van der Waals surface area contributed by atoms with E-state index in [0.29, 0.717) is 0 Å². The fraction of sp³-hybridized carbons (Fsp3) is 0.895. The second-order valence-electron chi connectivity index (χ2n) is 10.2. The standard InChI is InChI=1S/C19H37F3N2O6SSi/c1-17(2,3)29-16(27)24-13(15(25)26)9-11-31(23,28)12-10-14(19(20,21)22)30-32(7,8)18(4,5)6/h13-14,23H,9-12H2,1-8H3,(H,24,27)(H,25,26). The molecule has 3 unspecified atom stereocenters. The number of aliphatic carboxylic acids is 1. The van der Waals surface area contributed by atoms with Gasteiger partial charge in [0.15, 0.2) is 8.32 Å². The molecule has 0 radical (unpaired) electrons. The van der Waals surface area contributed by atoms with Crippen molar-refractivity contribution >= 4 is 30.1 Å². The van der Waals surface area contributed by atoms with E-state index in [0.717, 1.165) is 0 Å². The van der Waals surface area contributed by atoms with Crippen LogP contribution < -0.4 is 5.32 Å². The van der Waals surface area contributed by atoms with Gasteiger partial charge in [0.1, 0.15) is 17.7 Å². The van der Waals surface area contributed by atoms with Crippen LogP contribution in [0.1, 0.15) is 54.4 Å². The molecule has 0 bridgehead atoms. The molecule has 8 nitrogen and oxygen atoms in total. The van der Waals surface area contributed by atoms with E-state index in [4.69, 9.17) is 13.9 Å². The maximum atomic E-state index is 13.5. The van der Waals surface area contributed by atoms with Gasteiger partial charge in [0.05, 0.1) is 0 Å². The Morgan fingerprint density at radius 2 is 1.53 bits per heavy atom. The average molecular weight is 507 g/mol. The number of carbonyl (C=O) groups excluding carboxylic acids is 1. The molecule has 0 saturated carbocycles. The first-order chi connectivity index (χ1) is 14.0. The summed E-state index contributed by atoms with van der Waals surface area (Å²) in [7, 11) is -6.32. The first-order valence-electron chi connectivity index (χ1n) is 10.2. The largest absolute Gasteiger partial charge is 0.480 e. The predicted molar refractivity (Wildman–Crippen MR) is 119 cm³/mol. The molecule has 13 heteroatoms. The summed E-state index contributed by atoms with van der Waals surface area (Å²) in [5.74, 6) is -2.53. The second kappa shape index (κ2) is 10.7. The van der Waals surface area contributed by atoms with Crippen LogP contribution in [0.3, 0.4) is 0 Å². The van der Waals surface area contributed by atoms with Gasteiger partial charge in [-0.3, -0.25) is 4.78 Å². The lowest BCUT2D eigenvalue weighted by atomic mass is 10.2. The summed E-state index contributed by atoms with van der Waals surface area (Å²) in [5, 5.41) is 10.9. The zero-order chi connectivity index (χ0) is 25.8. The Hall–Kier alpha value is -1.34. The van der Waals surface area contributed by atoms with Crippen LogP contribution in [0.25, 0.3) is 0 Å². The van der Waals surface area contributed by atoms with Gasteiger partial charge in [-0.1, -0.05) is 20.8 Å². The fourth-order valence-electron chi connectivity index (χ4n) is 2.24. The number of hydrogen-bond acceptors (Lipinski definition) is 6. The van der Waals surface area contributed by atoms with Gasteiger partial charge < -0.3 is 19.6 Å². The second-order valence-corrected chi connectivity index (χ2v) is 17.4. The number of carbonyl (C=O) groups is 2. The number of hydrogen-bond donors (Lipinski definition) is 3. The molecule has 190 valence electrons. The normalized spacial score (nSPS) is 17.2. The Balaban J connectivity index is 5.15. The van der Waals surface area contributed by atoms with Crippen molar-refractivity contribution < 1.29 is 41.2 Å². The molecule has 0 fully saturated rings. The highest BCUT2D eigenvalue weighted by molar-refractivity contribution is 7.92. The number of alkyl carbamates (subject to hydrolysis) is 1. The fourth-order valence-corrected chi connectivity index (χ4v) is 4.97. The summed E-state index contributed by atoms with van der Waals surface area (Å²) in [6, 6.07) is -1.49. The van der Waals surface area contributed by atoms with Crippen LogP contribution in [0.15, 0.2) is 0 Å². The van der Waals surface area contributed by atoms with Gasteiger partial charge in [-0.2, -0.15) is 13.2 Å². The molecule has 3 atom stereocenters. The number of carboxylic acid groups (broad SMARTS) is 1. The van der Waals surface area contributed by atoms with Gasteiger partial charge in [0.25, 0.3) is 0 Å². The number of carboxylic acids is 1. The Morgan fingerprint density at radius 1 is 1.06 bits per heavy atom. The van der Waals surface area contributed by atoms with Gasteiger partial charge >= 0.3 is 18.2 Å². The molecule has 1 amide bonds. The van der Waals surface area contributed by atoms with Crippen molar-refractivity contribution in [2.45, 2.75) is 96.4 Å². The van der Waals surface area contributed by atoms with Crippen LogP contribution in [0, 0.1) is 4.78 Å². The Morgan fingerprint density at radius 3 is 1.91 bits per heavy atom. The van der Waals surface area contributed by atoms with E-state index in [1.54, 1.807) is 54.6 Å². The summed E-state index contributed by atoms with van der Waals surface area (Å²) in [5.41, 5.74) is -0.868. The van der Waals surface area contributed by atoms with Crippen molar-refractivity contribution in [1.29, 1.82) is 4.78 Å². The highest BCUT2D eigenvalue weighted by Crippen LogP contribution is 2.40. The van der Waals surface area contributed by atoms with Crippen molar-refractivity contribution in [3.05, 3.63) is 0 Å². The SMILES string of the molecule is CC(C)(C)OC(=O)NC(CCS(=N)(=O)CCC(O[Si](C)(C)C(C)(C)C)C(F)(F)F)C(=O)O. The van der Waals surface area contributed by atoms with Gasteiger partial charge in [-0.25, -0.2) is 13.8 Å². The molecule has 0 aromatic carbocycles. The maximum Gasteiger partial charge on any atom is 0.413 e. The molecule has 0 aliphatic heterocycles. The van der Waals surface area contributed by atoms with Crippen molar-refractivity contribution in [3.63, 3.8) is 0 Å². The molecular formula is C19H37F3N2O6SSi. The average Bonchev–Trinajstić information content (AvgIpc) is 2.51. The number of alkyl halides is 3. The number of ether oxygens (including phenoxy) is 1. The van der Waals surface area contributed by atoms with Gasteiger partial charge in [0.2, 0.25) is 0 Å². The highest BCUT2D eigenvalue weighted by Gasteiger charge is 2.47. The van der Waals surface area contributed by atoms with E-state index in [1.807, 2.05) is 0 Å². The van der Waals surface area contributed by atoms with Crippen LogP contribution in [0.2, 0.25) is 18.1 Å². The van der Waals surface area contributed by atoms with E-state index in [9.17, 15) is 32.1 Å². The minimum Gasteiger partial charge on any atom is -0.480 e. The first-order valence-corrected chi connectivity index (χ1v) is 15.0.